The summed E-state index contributed by atoms with van der Waals surface area (Å²) < 4.78 is 1.81. The maximum atomic E-state index is 13.1. The predicted molar refractivity (Wildman–Crippen MR) is 107 cm³/mol. The largest absolute Gasteiger partial charge is 0.337 e. The third kappa shape index (κ3) is 3.98. The van der Waals surface area contributed by atoms with Crippen LogP contribution in [-0.4, -0.2) is 57.7 Å². The second-order valence-corrected chi connectivity index (χ2v) is 8.04. The fraction of sp³-hybridized carbons (Fsp3) is 0.455. The van der Waals surface area contributed by atoms with Gasteiger partial charge in [0.2, 0.25) is 0 Å². The van der Waals surface area contributed by atoms with Gasteiger partial charge in [-0.3, -0.25) is 9.69 Å². The molecular weight excluding hydrogens is 336 g/mol. The van der Waals surface area contributed by atoms with Crippen molar-refractivity contribution in [2.24, 2.45) is 5.92 Å². The summed E-state index contributed by atoms with van der Waals surface area (Å²) in [5, 5.41) is 4.24. The van der Waals surface area contributed by atoms with Crippen molar-refractivity contribution in [3.63, 3.8) is 0 Å². The molecule has 3 saturated heterocycles. The number of nitrogens with zero attached hydrogens (tertiary/aromatic N) is 4. The standard InChI is InChI=1S/C22H28N4O/c1-17(2)10-13-24-14-18-4-7-21(24)16-25(15-18)22(27)19-5-8-20(9-6-19)26-12-3-11-23-26/h3,5-6,8-12,18,21H,4,7,13-16H2,1-2H3/t18-,21-/m0/s1. The maximum Gasteiger partial charge on any atom is 0.253 e. The zero-order chi connectivity index (χ0) is 18.8. The van der Waals surface area contributed by atoms with E-state index in [0.29, 0.717) is 12.0 Å². The Morgan fingerprint density at radius 2 is 1.96 bits per heavy atom. The first-order valence-corrected chi connectivity index (χ1v) is 9.87. The molecule has 5 nitrogen and oxygen atoms in total. The average Bonchev–Trinajstić information content (AvgIpc) is 3.06. The number of benzene rings is 1. The molecule has 0 spiro atoms. The van der Waals surface area contributed by atoms with Crippen molar-refractivity contribution in [3.8, 4) is 5.69 Å². The Morgan fingerprint density at radius 1 is 1.15 bits per heavy atom. The van der Waals surface area contributed by atoms with Crippen LogP contribution in [0.2, 0.25) is 0 Å². The summed E-state index contributed by atoms with van der Waals surface area (Å²) in [5.74, 6) is 0.740. The highest BCUT2D eigenvalue weighted by Gasteiger charge is 2.36. The van der Waals surface area contributed by atoms with Crippen LogP contribution in [0.1, 0.15) is 37.0 Å². The minimum Gasteiger partial charge on any atom is -0.337 e. The van der Waals surface area contributed by atoms with E-state index < -0.39 is 0 Å². The lowest BCUT2D eigenvalue weighted by Gasteiger charge is -2.35. The van der Waals surface area contributed by atoms with Crippen LogP contribution < -0.4 is 0 Å². The van der Waals surface area contributed by atoms with Gasteiger partial charge in [0.25, 0.3) is 5.91 Å². The first-order valence-electron chi connectivity index (χ1n) is 9.87. The van der Waals surface area contributed by atoms with Gasteiger partial charge in [-0.2, -0.15) is 5.10 Å². The van der Waals surface area contributed by atoms with Crippen molar-refractivity contribution in [1.82, 2.24) is 19.6 Å². The average molecular weight is 364 g/mol. The summed E-state index contributed by atoms with van der Waals surface area (Å²) in [6.07, 6.45) is 8.40. The molecule has 0 radical (unpaired) electrons. The van der Waals surface area contributed by atoms with Gasteiger partial charge in [-0.15, -0.1) is 0 Å². The summed E-state index contributed by atoms with van der Waals surface area (Å²) in [5.41, 5.74) is 3.10. The molecule has 0 N–H and O–H groups in total. The molecule has 4 heterocycles. The zero-order valence-corrected chi connectivity index (χ0v) is 16.2. The van der Waals surface area contributed by atoms with Crippen LogP contribution in [0.3, 0.4) is 0 Å². The number of aromatic nitrogens is 2. The monoisotopic (exact) mass is 364 g/mol. The van der Waals surface area contributed by atoms with Crippen molar-refractivity contribution >= 4 is 5.91 Å². The molecule has 5 heteroatoms. The van der Waals surface area contributed by atoms with Crippen molar-refractivity contribution in [1.29, 1.82) is 0 Å². The molecule has 5 rings (SSSR count). The Morgan fingerprint density at radius 3 is 2.67 bits per heavy atom. The first-order chi connectivity index (χ1) is 13.1. The number of hydrogen-bond acceptors (Lipinski definition) is 3. The summed E-state index contributed by atoms with van der Waals surface area (Å²) in [4.78, 5) is 17.8. The van der Waals surface area contributed by atoms with E-state index in [9.17, 15) is 4.79 Å². The van der Waals surface area contributed by atoms with E-state index >= 15 is 0 Å². The first kappa shape index (κ1) is 18.0. The molecule has 2 bridgehead atoms. The number of amides is 1. The van der Waals surface area contributed by atoms with Gasteiger partial charge >= 0.3 is 0 Å². The number of hydrogen-bond donors (Lipinski definition) is 0. The van der Waals surface area contributed by atoms with Crippen LogP contribution in [-0.2, 0) is 0 Å². The minimum absolute atomic E-state index is 0.156. The Kier molecular flexibility index (Phi) is 5.12. The maximum absolute atomic E-state index is 13.1. The second-order valence-electron chi connectivity index (χ2n) is 8.04. The third-order valence-corrected chi connectivity index (χ3v) is 5.73. The van der Waals surface area contributed by atoms with Crippen LogP contribution in [0.4, 0.5) is 0 Å². The molecule has 0 aliphatic carbocycles. The normalized spacial score (nSPS) is 22.5. The van der Waals surface area contributed by atoms with Crippen LogP contribution in [0, 0.1) is 5.92 Å². The molecule has 1 aromatic carbocycles. The smallest absolute Gasteiger partial charge is 0.253 e. The Balaban J connectivity index is 1.47. The summed E-state index contributed by atoms with van der Waals surface area (Å²) >= 11 is 0. The quantitative estimate of drug-likeness (QED) is 0.781. The van der Waals surface area contributed by atoms with Crippen molar-refractivity contribution in [2.75, 3.05) is 26.2 Å². The number of carbonyl (C=O) groups is 1. The van der Waals surface area contributed by atoms with Crippen molar-refractivity contribution < 1.29 is 4.79 Å². The molecule has 2 aromatic rings. The second kappa shape index (κ2) is 7.69. The van der Waals surface area contributed by atoms with E-state index in [1.165, 1.54) is 18.4 Å². The van der Waals surface area contributed by atoms with Crippen LogP contribution >= 0.6 is 0 Å². The van der Waals surface area contributed by atoms with Gasteiger partial charge in [-0.05, 0) is 62.9 Å². The number of allylic oxidation sites excluding steroid dienone is 1. The van der Waals surface area contributed by atoms with Crippen molar-refractivity contribution in [2.45, 2.75) is 32.7 Å². The van der Waals surface area contributed by atoms with Crippen molar-refractivity contribution in [3.05, 3.63) is 59.9 Å². The number of fused-ring (bicyclic) bond motifs is 4. The molecule has 3 fully saturated rings. The third-order valence-electron chi connectivity index (χ3n) is 5.73. The highest BCUT2D eigenvalue weighted by atomic mass is 16.2. The number of piperidine rings is 1. The molecule has 0 unspecified atom stereocenters. The SMILES string of the molecule is CC(C)=CCN1C[C@@H]2CC[C@H]1CN(C(=O)c1ccc(-n3cccn3)cc1)C2. The topological polar surface area (TPSA) is 41.4 Å². The fourth-order valence-electron chi connectivity index (χ4n) is 4.23. The van der Waals surface area contributed by atoms with Gasteiger partial charge in [0.15, 0.2) is 0 Å². The minimum atomic E-state index is 0.156. The van der Waals surface area contributed by atoms with Crippen LogP contribution in [0.15, 0.2) is 54.4 Å². The number of carbonyl (C=O) groups excluding carboxylic acids is 1. The highest BCUT2D eigenvalue weighted by Crippen LogP contribution is 2.29. The van der Waals surface area contributed by atoms with Gasteiger partial charge in [0, 0.05) is 50.2 Å². The lowest BCUT2D eigenvalue weighted by molar-refractivity contribution is 0.0740. The van der Waals surface area contributed by atoms with Crippen LogP contribution in [0.25, 0.3) is 5.69 Å². The Labute approximate surface area is 161 Å². The zero-order valence-electron chi connectivity index (χ0n) is 16.2. The van der Waals surface area contributed by atoms with Gasteiger partial charge in [0.1, 0.15) is 0 Å². The van der Waals surface area contributed by atoms with Gasteiger partial charge in [-0.25, -0.2) is 4.68 Å². The molecular formula is C22H28N4O. The molecule has 1 amide bonds. The van der Waals surface area contributed by atoms with E-state index in [1.54, 1.807) is 6.20 Å². The molecule has 0 saturated carbocycles. The van der Waals surface area contributed by atoms with Gasteiger partial charge in [-0.1, -0.05) is 11.6 Å². The van der Waals surface area contributed by atoms with E-state index in [1.807, 2.05) is 41.2 Å². The predicted octanol–water partition coefficient (Wildman–Crippen LogP) is 3.37. The van der Waals surface area contributed by atoms with Crippen LogP contribution in [0.5, 0.6) is 0 Å². The Bertz CT molecular complexity index is 805. The molecule has 142 valence electrons. The molecule has 3 aliphatic rings. The number of rotatable bonds is 4. The van der Waals surface area contributed by atoms with E-state index in [-0.39, 0.29) is 5.91 Å². The molecule has 1 aromatic heterocycles. The fourth-order valence-corrected chi connectivity index (χ4v) is 4.23. The lowest BCUT2D eigenvalue weighted by Crippen LogP contribution is -2.44. The molecule has 2 atom stereocenters. The van der Waals surface area contributed by atoms with E-state index in [0.717, 1.165) is 37.4 Å². The Hall–Kier alpha value is -2.40. The lowest BCUT2D eigenvalue weighted by atomic mass is 9.95. The van der Waals surface area contributed by atoms with Gasteiger partial charge in [0.05, 0.1) is 5.69 Å². The summed E-state index contributed by atoms with van der Waals surface area (Å²) in [6, 6.07) is 10.2. The highest BCUT2D eigenvalue weighted by molar-refractivity contribution is 5.94. The van der Waals surface area contributed by atoms with E-state index in [4.69, 9.17) is 0 Å². The summed E-state index contributed by atoms with van der Waals surface area (Å²) in [7, 11) is 0. The summed E-state index contributed by atoms with van der Waals surface area (Å²) in [6.45, 7) is 8.13. The molecule has 3 aliphatic heterocycles. The molecule has 27 heavy (non-hydrogen) atoms. The van der Waals surface area contributed by atoms with E-state index in [2.05, 4.69) is 34.8 Å². The van der Waals surface area contributed by atoms with Gasteiger partial charge < -0.3 is 4.90 Å².